The predicted molar refractivity (Wildman–Crippen MR) is 101 cm³/mol. The molecule has 0 spiro atoms. The molecule has 1 aliphatic rings. The maximum atomic E-state index is 14.8. The first kappa shape index (κ1) is 19.8. The molecule has 8 heteroatoms. The number of nitrogens with zero attached hydrogens (tertiary/aromatic N) is 2. The maximum Gasteiger partial charge on any atom is 0.495 e. The highest BCUT2D eigenvalue weighted by Gasteiger charge is 2.52. The number of benzene rings is 1. The second-order valence-corrected chi connectivity index (χ2v) is 8.12. The minimum atomic E-state index is -0.673. The fourth-order valence-corrected chi connectivity index (χ4v) is 3.38. The number of hydrogen-bond acceptors (Lipinski definition) is 5. The average Bonchev–Trinajstić information content (AvgIpc) is 3.00. The Balaban J connectivity index is 2.06. The molecule has 1 saturated heterocycles. The van der Waals surface area contributed by atoms with E-state index in [-0.39, 0.29) is 23.9 Å². The van der Waals surface area contributed by atoms with E-state index in [1.54, 1.807) is 6.92 Å². The van der Waals surface area contributed by atoms with Crippen LogP contribution in [0.2, 0.25) is 0 Å². The molecule has 1 aliphatic heterocycles. The summed E-state index contributed by atoms with van der Waals surface area (Å²) in [6, 6.07) is 3.01. The topological polar surface area (TPSA) is 62.6 Å². The van der Waals surface area contributed by atoms with Crippen molar-refractivity contribution in [3.63, 3.8) is 0 Å². The first-order valence-corrected chi connectivity index (χ1v) is 9.07. The van der Waals surface area contributed by atoms with E-state index in [4.69, 9.17) is 14.0 Å². The monoisotopic (exact) mass is 376 g/mol. The van der Waals surface area contributed by atoms with Gasteiger partial charge in [-0.1, -0.05) is 0 Å². The number of esters is 1. The van der Waals surface area contributed by atoms with Gasteiger partial charge < -0.3 is 18.6 Å². The van der Waals surface area contributed by atoms with Gasteiger partial charge in [0.25, 0.3) is 0 Å². The Labute approximate surface area is 159 Å². The number of rotatable bonds is 4. The Hall–Kier alpha value is -1.93. The molecule has 27 heavy (non-hydrogen) atoms. The summed E-state index contributed by atoms with van der Waals surface area (Å²) >= 11 is 0. The summed E-state index contributed by atoms with van der Waals surface area (Å²) in [5, 5.41) is 0. The Morgan fingerprint density at radius 3 is 2.44 bits per heavy atom. The number of carbonyl (C=O) groups excluding carboxylic acids is 1. The lowest BCUT2D eigenvalue weighted by Gasteiger charge is -2.32. The lowest BCUT2D eigenvalue weighted by Crippen LogP contribution is -2.41. The first-order chi connectivity index (χ1) is 12.5. The van der Waals surface area contributed by atoms with Gasteiger partial charge in [-0.15, -0.1) is 0 Å². The summed E-state index contributed by atoms with van der Waals surface area (Å²) < 4.78 is 33.5. The normalized spacial score (nSPS) is 19.5. The molecule has 3 rings (SSSR count). The first-order valence-electron chi connectivity index (χ1n) is 9.07. The molecule has 1 aromatic heterocycles. The quantitative estimate of drug-likeness (QED) is 0.607. The summed E-state index contributed by atoms with van der Waals surface area (Å²) in [5.41, 5.74) is 0.428. The van der Waals surface area contributed by atoms with Crippen LogP contribution in [0.25, 0.3) is 11.0 Å². The maximum absolute atomic E-state index is 14.8. The summed E-state index contributed by atoms with van der Waals surface area (Å²) in [4.78, 5) is 16.0. The highest BCUT2D eigenvalue weighted by Crippen LogP contribution is 2.37. The molecule has 0 aliphatic carbocycles. The Kier molecular flexibility index (Phi) is 4.85. The molecule has 146 valence electrons. The van der Waals surface area contributed by atoms with E-state index in [2.05, 4.69) is 4.98 Å². The number of aromatic nitrogens is 2. The third-order valence-electron chi connectivity index (χ3n) is 5.60. The molecule has 0 bridgehead atoms. The van der Waals surface area contributed by atoms with E-state index in [0.717, 1.165) is 0 Å². The number of ether oxygens (including phenoxy) is 1. The average molecular weight is 376 g/mol. The molecule has 1 aromatic carbocycles. The van der Waals surface area contributed by atoms with Crippen LogP contribution in [0.3, 0.4) is 0 Å². The minimum Gasteiger partial charge on any atom is -0.469 e. The van der Waals surface area contributed by atoms with Gasteiger partial charge in [0.1, 0.15) is 11.3 Å². The van der Waals surface area contributed by atoms with Crippen molar-refractivity contribution >= 4 is 29.6 Å². The lowest BCUT2D eigenvalue weighted by atomic mass is 9.79. The van der Waals surface area contributed by atoms with Gasteiger partial charge in [-0.3, -0.25) is 4.79 Å². The van der Waals surface area contributed by atoms with E-state index in [0.29, 0.717) is 16.8 Å². The molecule has 1 fully saturated rings. The zero-order valence-electron chi connectivity index (χ0n) is 16.9. The van der Waals surface area contributed by atoms with E-state index >= 15 is 0 Å². The van der Waals surface area contributed by atoms with E-state index in [1.165, 1.54) is 13.2 Å². The Bertz CT molecular complexity index is 877. The molecule has 2 aromatic rings. The SMILES string of the molecule is COC(=O)C[C@@H](C)n1c(C)nc2c(F)cc(B3OC(C)(C)C(C)(C)O3)cc21. The lowest BCUT2D eigenvalue weighted by molar-refractivity contribution is -0.141. The van der Waals surface area contributed by atoms with Crippen LogP contribution in [0, 0.1) is 12.7 Å². The predicted octanol–water partition coefficient (Wildman–Crippen LogP) is 2.91. The molecule has 0 saturated carbocycles. The van der Waals surface area contributed by atoms with E-state index in [1.807, 2.05) is 45.3 Å². The number of hydrogen-bond donors (Lipinski definition) is 0. The van der Waals surface area contributed by atoms with E-state index in [9.17, 15) is 9.18 Å². The number of aryl methyl sites for hydroxylation is 1. The molecule has 0 radical (unpaired) electrons. The van der Waals surface area contributed by atoms with Gasteiger partial charge in [0.05, 0.1) is 30.2 Å². The summed E-state index contributed by atoms with van der Waals surface area (Å²) in [6.45, 7) is 11.5. The highest BCUT2D eigenvalue weighted by molar-refractivity contribution is 6.62. The number of halogens is 1. The molecule has 2 heterocycles. The summed E-state index contributed by atoms with van der Waals surface area (Å²) in [6.07, 6.45) is 0.172. The summed E-state index contributed by atoms with van der Waals surface area (Å²) in [5.74, 6) is -0.137. The number of carbonyl (C=O) groups is 1. The van der Waals surface area contributed by atoms with Crippen molar-refractivity contribution in [2.24, 2.45) is 0 Å². The molecule has 1 atom stereocenters. The zero-order valence-corrected chi connectivity index (χ0v) is 16.9. The van der Waals surface area contributed by atoms with Crippen molar-refractivity contribution in [3.05, 3.63) is 23.8 Å². The Morgan fingerprint density at radius 2 is 1.89 bits per heavy atom. The fourth-order valence-electron chi connectivity index (χ4n) is 3.38. The summed E-state index contributed by atoms with van der Waals surface area (Å²) in [7, 11) is 0.678. The van der Waals surface area contributed by atoms with Crippen molar-refractivity contribution in [2.75, 3.05) is 7.11 Å². The van der Waals surface area contributed by atoms with Crippen LogP contribution < -0.4 is 5.46 Å². The van der Waals surface area contributed by atoms with Gasteiger partial charge in [-0.05, 0) is 59.1 Å². The van der Waals surface area contributed by atoms with Crippen LogP contribution in [-0.2, 0) is 18.8 Å². The third-order valence-corrected chi connectivity index (χ3v) is 5.60. The molecule has 0 N–H and O–H groups in total. The Morgan fingerprint density at radius 1 is 1.30 bits per heavy atom. The van der Waals surface area contributed by atoms with Crippen LogP contribution in [0.5, 0.6) is 0 Å². The largest absolute Gasteiger partial charge is 0.495 e. The second-order valence-electron chi connectivity index (χ2n) is 8.12. The smallest absolute Gasteiger partial charge is 0.469 e. The minimum absolute atomic E-state index is 0.172. The van der Waals surface area contributed by atoms with Gasteiger partial charge in [-0.2, -0.15) is 0 Å². The zero-order chi connectivity index (χ0) is 20.1. The molecular formula is C19H26BFN2O4. The van der Waals surface area contributed by atoms with Gasteiger partial charge in [0.2, 0.25) is 0 Å². The van der Waals surface area contributed by atoms with Gasteiger partial charge in [-0.25, -0.2) is 9.37 Å². The molecule has 0 amide bonds. The highest BCUT2D eigenvalue weighted by atomic mass is 19.1. The van der Waals surface area contributed by atoms with Crippen molar-refractivity contribution in [2.45, 2.75) is 65.2 Å². The standard InChI is InChI=1S/C19H26BFN2O4/c1-11(8-16(24)25-7)23-12(2)22-17-14(21)9-13(10-15(17)23)20-26-18(3,4)19(5,6)27-20/h9-11H,8H2,1-7H3/t11-/m1/s1. The second kappa shape index (κ2) is 6.60. The van der Waals surface area contributed by atoms with Crippen LogP contribution in [0.4, 0.5) is 4.39 Å². The van der Waals surface area contributed by atoms with Crippen LogP contribution >= 0.6 is 0 Å². The van der Waals surface area contributed by atoms with Gasteiger partial charge in [0, 0.05) is 6.04 Å². The van der Waals surface area contributed by atoms with Gasteiger partial charge >= 0.3 is 13.1 Å². The fraction of sp³-hybridized carbons (Fsp3) is 0.579. The van der Waals surface area contributed by atoms with Crippen LogP contribution in [-0.4, -0.2) is 41.0 Å². The molecular weight excluding hydrogens is 350 g/mol. The van der Waals surface area contributed by atoms with E-state index < -0.39 is 24.1 Å². The van der Waals surface area contributed by atoms with Crippen LogP contribution in [0.1, 0.15) is 52.9 Å². The van der Waals surface area contributed by atoms with Crippen molar-refractivity contribution < 1.29 is 23.2 Å². The van der Waals surface area contributed by atoms with Crippen molar-refractivity contribution in [3.8, 4) is 0 Å². The molecule has 6 nitrogen and oxygen atoms in total. The van der Waals surface area contributed by atoms with Gasteiger partial charge in [0.15, 0.2) is 5.82 Å². The van der Waals surface area contributed by atoms with Crippen LogP contribution in [0.15, 0.2) is 12.1 Å². The third kappa shape index (κ3) is 3.36. The van der Waals surface area contributed by atoms with Crippen molar-refractivity contribution in [1.82, 2.24) is 9.55 Å². The molecule has 0 unspecified atom stereocenters. The van der Waals surface area contributed by atoms with Crippen molar-refractivity contribution in [1.29, 1.82) is 0 Å². The number of fused-ring (bicyclic) bond motifs is 1. The number of imidazole rings is 1. The number of methoxy groups -OCH3 is 1.